The summed E-state index contributed by atoms with van der Waals surface area (Å²) in [7, 11) is 3.54. The third-order valence-corrected chi connectivity index (χ3v) is 4.04. The molecule has 0 spiro atoms. The fourth-order valence-corrected chi connectivity index (χ4v) is 2.43. The lowest BCUT2D eigenvalue weighted by Gasteiger charge is -2.09. The number of unbranched alkanes of at least 4 members (excludes halogenated alkanes) is 10. The summed E-state index contributed by atoms with van der Waals surface area (Å²) in [6.45, 7) is 7.10. The van der Waals surface area contributed by atoms with Gasteiger partial charge in [0.25, 0.3) is 0 Å². The molecule has 4 heteroatoms. The van der Waals surface area contributed by atoms with Crippen molar-refractivity contribution in [3.8, 4) is 0 Å². The number of hydrogen-bond donors (Lipinski definition) is 1. The second-order valence-electron chi connectivity index (χ2n) is 6.85. The van der Waals surface area contributed by atoms with Crippen molar-refractivity contribution < 1.29 is 4.79 Å². The lowest BCUT2D eigenvalue weighted by atomic mass is 10.1. The van der Waals surface area contributed by atoms with E-state index in [0.717, 1.165) is 25.0 Å². The van der Waals surface area contributed by atoms with Crippen molar-refractivity contribution in [2.24, 2.45) is 5.73 Å². The van der Waals surface area contributed by atoms with E-state index in [4.69, 9.17) is 5.73 Å². The number of hydrogen-bond acceptors (Lipinski definition) is 2. The Kier molecular flexibility index (Phi) is 27.4. The van der Waals surface area contributed by atoms with Crippen LogP contribution in [-0.4, -0.2) is 31.4 Å². The maximum absolute atomic E-state index is 11.2. The Hall–Kier alpha value is -0.540. The topological polar surface area (TPSA) is 46.3 Å². The van der Waals surface area contributed by atoms with Crippen LogP contribution in [0.1, 0.15) is 97.8 Å². The molecule has 3 nitrogen and oxygen atoms in total. The lowest BCUT2D eigenvalue weighted by Crippen LogP contribution is -2.22. The summed E-state index contributed by atoms with van der Waals surface area (Å²) in [6, 6.07) is 0. The molecule has 0 fully saturated rings. The van der Waals surface area contributed by atoms with Gasteiger partial charge in [-0.25, -0.2) is 0 Å². The van der Waals surface area contributed by atoms with Crippen molar-refractivity contribution >= 4 is 18.3 Å². The van der Waals surface area contributed by atoms with Crippen molar-refractivity contribution in [1.29, 1.82) is 0 Å². The van der Waals surface area contributed by atoms with E-state index in [1.165, 1.54) is 64.2 Å². The fraction of sp³-hybridized carbons (Fsp3) is 0.857. The first kappa shape index (κ1) is 29.2. The molecule has 0 saturated heterocycles. The Bertz CT molecular complexity index is 294. The van der Waals surface area contributed by atoms with Crippen LogP contribution in [0.2, 0.25) is 0 Å². The molecular weight excluding hydrogens is 332 g/mol. The maximum atomic E-state index is 11.2. The number of carbonyl (C=O) groups excluding carboxylic acids is 1. The SMILES string of the molecule is CCCC=C(C)C(=O)N(C)C.CCCCCCCCCCCCN.Cl. The van der Waals surface area contributed by atoms with Gasteiger partial charge in [0.2, 0.25) is 5.91 Å². The quantitative estimate of drug-likeness (QED) is 0.311. The van der Waals surface area contributed by atoms with E-state index in [1.807, 2.05) is 13.0 Å². The number of rotatable bonds is 13. The number of carbonyl (C=O) groups is 1. The molecule has 0 atom stereocenters. The van der Waals surface area contributed by atoms with E-state index in [2.05, 4.69) is 13.8 Å². The normalized spacial score (nSPS) is 10.6. The van der Waals surface area contributed by atoms with E-state index in [0.29, 0.717) is 0 Å². The first-order valence-corrected chi connectivity index (χ1v) is 10.1. The molecule has 1 amide bonds. The third kappa shape index (κ3) is 23.5. The van der Waals surface area contributed by atoms with Gasteiger partial charge >= 0.3 is 0 Å². The van der Waals surface area contributed by atoms with Gasteiger partial charge in [-0.05, 0) is 26.3 Å². The van der Waals surface area contributed by atoms with Crippen molar-refractivity contribution in [3.05, 3.63) is 11.6 Å². The van der Waals surface area contributed by atoms with Crippen LogP contribution in [0.3, 0.4) is 0 Å². The average Bonchev–Trinajstić information content (AvgIpc) is 2.58. The zero-order chi connectivity index (χ0) is 18.6. The molecule has 2 N–H and O–H groups in total. The fourth-order valence-electron chi connectivity index (χ4n) is 2.43. The molecule has 0 radical (unpaired) electrons. The third-order valence-electron chi connectivity index (χ3n) is 4.04. The molecule has 0 aromatic rings. The summed E-state index contributed by atoms with van der Waals surface area (Å²) in [4.78, 5) is 12.8. The Morgan fingerprint density at radius 1 is 0.840 bits per heavy atom. The van der Waals surface area contributed by atoms with E-state index < -0.39 is 0 Å². The second kappa shape index (κ2) is 23.5. The highest BCUT2D eigenvalue weighted by Gasteiger charge is 2.04. The molecular formula is C21H45ClN2O. The van der Waals surface area contributed by atoms with Crippen LogP contribution in [0.25, 0.3) is 0 Å². The van der Waals surface area contributed by atoms with Crippen LogP contribution in [0.15, 0.2) is 11.6 Å². The first-order valence-electron chi connectivity index (χ1n) is 10.1. The monoisotopic (exact) mass is 376 g/mol. The molecule has 0 aliphatic heterocycles. The zero-order valence-corrected chi connectivity index (χ0v) is 18.4. The van der Waals surface area contributed by atoms with E-state index in [1.54, 1.807) is 19.0 Å². The van der Waals surface area contributed by atoms with E-state index in [-0.39, 0.29) is 18.3 Å². The number of nitrogens with zero attached hydrogens (tertiary/aromatic N) is 1. The summed E-state index contributed by atoms with van der Waals surface area (Å²) in [6.07, 6.45) is 18.0. The van der Waals surface area contributed by atoms with Crippen molar-refractivity contribution in [3.63, 3.8) is 0 Å². The van der Waals surface area contributed by atoms with Gasteiger partial charge in [-0.2, -0.15) is 0 Å². The van der Waals surface area contributed by atoms with Crippen molar-refractivity contribution in [1.82, 2.24) is 4.90 Å². The average molecular weight is 377 g/mol. The molecule has 0 aromatic heterocycles. The molecule has 0 rings (SSSR count). The van der Waals surface area contributed by atoms with Crippen LogP contribution < -0.4 is 5.73 Å². The van der Waals surface area contributed by atoms with Crippen LogP contribution in [-0.2, 0) is 4.79 Å². The smallest absolute Gasteiger partial charge is 0.248 e. The second-order valence-corrected chi connectivity index (χ2v) is 6.85. The van der Waals surface area contributed by atoms with E-state index >= 15 is 0 Å². The number of allylic oxidation sites excluding steroid dienone is 1. The predicted octanol–water partition coefficient (Wildman–Crippen LogP) is 6.11. The van der Waals surface area contributed by atoms with Crippen molar-refractivity contribution in [2.45, 2.75) is 97.8 Å². The molecule has 152 valence electrons. The van der Waals surface area contributed by atoms with Crippen LogP contribution in [0.5, 0.6) is 0 Å². The van der Waals surface area contributed by atoms with Crippen LogP contribution in [0, 0.1) is 0 Å². The molecule has 0 heterocycles. The first-order chi connectivity index (χ1) is 11.5. The highest BCUT2D eigenvalue weighted by atomic mass is 35.5. The molecule has 0 bridgehead atoms. The van der Waals surface area contributed by atoms with Crippen LogP contribution >= 0.6 is 12.4 Å². The summed E-state index contributed by atoms with van der Waals surface area (Å²) in [5.41, 5.74) is 6.27. The van der Waals surface area contributed by atoms with Gasteiger partial charge in [0, 0.05) is 19.7 Å². The minimum Gasteiger partial charge on any atom is -0.345 e. The summed E-state index contributed by atoms with van der Waals surface area (Å²) in [5.74, 6) is 0.110. The largest absolute Gasteiger partial charge is 0.345 e. The van der Waals surface area contributed by atoms with Gasteiger partial charge in [0.15, 0.2) is 0 Å². The molecule has 0 aliphatic rings. The lowest BCUT2D eigenvalue weighted by molar-refractivity contribution is -0.124. The van der Waals surface area contributed by atoms with Crippen LogP contribution in [0.4, 0.5) is 0 Å². The van der Waals surface area contributed by atoms with Gasteiger partial charge < -0.3 is 10.6 Å². The Balaban J connectivity index is -0.000000377. The molecule has 25 heavy (non-hydrogen) atoms. The number of nitrogens with two attached hydrogens (primary N) is 1. The Morgan fingerprint density at radius 2 is 1.28 bits per heavy atom. The van der Waals surface area contributed by atoms with Crippen molar-refractivity contribution in [2.75, 3.05) is 20.6 Å². The summed E-state index contributed by atoms with van der Waals surface area (Å²) >= 11 is 0. The van der Waals surface area contributed by atoms with Gasteiger partial charge in [0.1, 0.15) is 0 Å². The molecule has 0 unspecified atom stereocenters. The minimum atomic E-state index is 0. The van der Waals surface area contributed by atoms with Gasteiger partial charge in [-0.3, -0.25) is 4.79 Å². The molecule has 0 aromatic carbocycles. The maximum Gasteiger partial charge on any atom is 0.248 e. The van der Waals surface area contributed by atoms with E-state index in [9.17, 15) is 4.79 Å². The highest BCUT2D eigenvalue weighted by molar-refractivity contribution is 5.92. The van der Waals surface area contributed by atoms with Gasteiger partial charge in [-0.1, -0.05) is 84.1 Å². The standard InChI is InChI=1S/C12H27N.C9H17NO.ClH/c1-2-3-4-5-6-7-8-9-10-11-12-13;1-5-6-7-8(2)9(11)10(3)4;/h2-13H2,1H3;7H,5-6H2,1-4H3;1H. The summed E-state index contributed by atoms with van der Waals surface area (Å²) < 4.78 is 0. The predicted molar refractivity (Wildman–Crippen MR) is 116 cm³/mol. The number of likely N-dealkylation sites (N-methyl/N-ethyl adjacent to an activating group) is 1. The minimum absolute atomic E-state index is 0. The summed E-state index contributed by atoms with van der Waals surface area (Å²) in [5, 5.41) is 0. The number of halogens is 1. The molecule has 0 aliphatic carbocycles. The van der Waals surface area contributed by atoms with Gasteiger partial charge in [-0.15, -0.1) is 12.4 Å². The Labute approximate surface area is 164 Å². The molecule has 0 saturated carbocycles. The Morgan fingerprint density at radius 3 is 1.64 bits per heavy atom. The highest BCUT2D eigenvalue weighted by Crippen LogP contribution is 2.09. The number of amides is 1. The zero-order valence-electron chi connectivity index (χ0n) is 17.6. The van der Waals surface area contributed by atoms with Gasteiger partial charge in [0.05, 0.1) is 0 Å².